The predicted octanol–water partition coefficient (Wildman–Crippen LogP) is 3.03. The summed E-state index contributed by atoms with van der Waals surface area (Å²) in [6, 6.07) is 11.6. The number of rotatable bonds is 7. The van der Waals surface area contributed by atoms with Gasteiger partial charge in [0.1, 0.15) is 11.6 Å². The summed E-state index contributed by atoms with van der Waals surface area (Å²) < 4.78 is 18.7. The van der Waals surface area contributed by atoms with Crippen LogP contribution in [0.2, 0.25) is 0 Å². The topological polar surface area (TPSA) is 67.4 Å². The Hall–Kier alpha value is -2.89. The molecule has 1 atom stereocenters. The number of benzene rings is 2. The van der Waals surface area contributed by atoms with Crippen molar-refractivity contribution in [3.63, 3.8) is 0 Å². The predicted molar refractivity (Wildman–Crippen MR) is 97.2 cm³/mol. The molecule has 6 heteroatoms. The van der Waals surface area contributed by atoms with Crippen LogP contribution in [0.5, 0.6) is 5.75 Å². The van der Waals surface area contributed by atoms with E-state index < -0.39 is 6.04 Å². The number of nitrogens with one attached hydrogen (secondary N) is 2. The molecule has 26 heavy (non-hydrogen) atoms. The third-order valence-electron chi connectivity index (χ3n) is 4.01. The summed E-state index contributed by atoms with van der Waals surface area (Å²) in [7, 11) is 1.57. The molecule has 138 valence electrons. The van der Waals surface area contributed by atoms with Crippen molar-refractivity contribution in [2.75, 3.05) is 7.11 Å². The highest BCUT2D eigenvalue weighted by Gasteiger charge is 2.17. The Bertz CT molecular complexity index is 775. The summed E-state index contributed by atoms with van der Waals surface area (Å²) in [6.07, 6.45) is 0.0836. The standard InChI is InChI=1S/C20H23FN2O3/c1-13-4-5-15(10-18(13)21)12-22-20(25)11-19(23-14(2)24)16-6-8-17(26-3)9-7-16/h4-10,19H,11-12H2,1-3H3,(H,22,25)(H,23,24). The van der Waals surface area contributed by atoms with E-state index in [-0.39, 0.29) is 30.6 Å². The zero-order valence-corrected chi connectivity index (χ0v) is 15.1. The highest BCUT2D eigenvalue weighted by Crippen LogP contribution is 2.20. The van der Waals surface area contributed by atoms with E-state index in [9.17, 15) is 14.0 Å². The molecule has 0 aliphatic rings. The molecule has 0 fully saturated rings. The number of ether oxygens (including phenoxy) is 1. The molecule has 0 saturated heterocycles. The van der Waals surface area contributed by atoms with Crippen LogP contribution in [0.1, 0.15) is 36.1 Å². The van der Waals surface area contributed by atoms with Crippen molar-refractivity contribution < 1.29 is 18.7 Å². The number of carbonyl (C=O) groups excluding carboxylic acids is 2. The van der Waals surface area contributed by atoms with Gasteiger partial charge in [0.2, 0.25) is 11.8 Å². The maximum atomic E-state index is 13.6. The van der Waals surface area contributed by atoms with Gasteiger partial charge in [-0.05, 0) is 41.8 Å². The Labute approximate surface area is 152 Å². The summed E-state index contributed by atoms with van der Waals surface area (Å²) in [6.45, 7) is 3.32. The molecule has 0 heterocycles. The van der Waals surface area contributed by atoms with E-state index in [4.69, 9.17) is 4.74 Å². The smallest absolute Gasteiger partial charge is 0.222 e. The summed E-state index contributed by atoms with van der Waals surface area (Å²) in [5.74, 6) is -0.0629. The summed E-state index contributed by atoms with van der Waals surface area (Å²) >= 11 is 0. The Kier molecular flexibility index (Phi) is 6.72. The number of hydrogen-bond donors (Lipinski definition) is 2. The second-order valence-corrected chi connectivity index (χ2v) is 6.09. The average molecular weight is 358 g/mol. The van der Waals surface area contributed by atoms with Gasteiger partial charge >= 0.3 is 0 Å². The molecule has 0 bridgehead atoms. The fourth-order valence-electron chi connectivity index (χ4n) is 2.54. The maximum absolute atomic E-state index is 13.6. The quantitative estimate of drug-likeness (QED) is 0.799. The molecule has 0 aliphatic carbocycles. The van der Waals surface area contributed by atoms with Gasteiger partial charge in [-0.2, -0.15) is 0 Å². The molecule has 2 aromatic carbocycles. The van der Waals surface area contributed by atoms with Gasteiger partial charge < -0.3 is 15.4 Å². The van der Waals surface area contributed by atoms with E-state index >= 15 is 0 Å². The zero-order chi connectivity index (χ0) is 19.1. The SMILES string of the molecule is COc1ccc(C(CC(=O)NCc2ccc(C)c(F)c2)NC(C)=O)cc1. The van der Waals surface area contributed by atoms with Crippen molar-refractivity contribution in [1.82, 2.24) is 10.6 Å². The highest BCUT2D eigenvalue weighted by atomic mass is 19.1. The Morgan fingerprint density at radius 2 is 1.85 bits per heavy atom. The average Bonchev–Trinajstić information content (AvgIpc) is 2.62. The third kappa shape index (κ3) is 5.58. The first-order valence-corrected chi connectivity index (χ1v) is 8.32. The molecule has 0 spiro atoms. The minimum Gasteiger partial charge on any atom is -0.497 e. The Balaban J connectivity index is 2.00. The molecular weight excluding hydrogens is 335 g/mol. The molecular formula is C20H23FN2O3. The van der Waals surface area contributed by atoms with Crippen LogP contribution in [0, 0.1) is 12.7 Å². The first kappa shape index (κ1) is 19.4. The van der Waals surface area contributed by atoms with Crippen LogP contribution in [-0.2, 0) is 16.1 Å². The van der Waals surface area contributed by atoms with Gasteiger partial charge in [0.25, 0.3) is 0 Å². The van der Waals surface area contributed by atoms with Crippen LogP contribution >= 0.6 is 0 Å². The van der Waals surface area contributed by atoms with E-state index in [0.29, 0.717) is 16.9 Å². The maximum Gasteiger partial charge on any atom is 0.222 e. The lowest BCUT2D eigenvalue weighted by atomic mass is 10.0. The van der Waals surface area contributed by atoms with Gasteiger partial charge in [-0.1, -0.05) is 24.3 Å². The van der Waals surface area contributed by atoms with Crippen molar-refractivity contribution in [1.29, 1.82) is 0 Å². The van der Waals surface area contributed by atoms with Gasteiger partial charge in [-0.25, -0.2) is 4.39 Å². The fraction of sp³-hybridized carbons (Fsp3) is 0.300. The first-order chi connectivity index (χ1) is 12.4. The van der Waals surface area contributed by atoms with Crippen molar-refractivity contribution in [3.8, 4) is 5.75 Å². The Morgan fingerprint density at radius 3 is 2.42 bits per heavy atom. The lowest BCUT2D eigenvalue weighted by Gasteiger charge is -2.18. The first-order valence-electron chi connectivity index (χ1n) is 8.32. The van der Waals surface area contributed by atoms with Crippen molar-refractivity contribution in [2.45, 2.75) is 32.9 Å². The van der Waals surface area contributed by atoms with Crippen LogP contribution in [0.15, 0.2) is 42.5 Å². The highest BCUT2D eigenvalue weighted by molar-refractivity contribution is 5.79. The fourth-order valence-corrected chi connectivity index (χ4v) is 2.54. The largest absolute Gasteiger partial charge is 0.497 e. The Morgan fingerprint density at radius 1 is 1.15 bits per heavy atom. The molecule has 2 aromatic rings. The van der Waals surface area contributed by atoms with Gasteiger partial charge in [0.05, 0.1) is 19.6 Å². The molecule has 1 unspecified atom stereocenters. The van der Waals surface area contributed by atoms with Crippen LogP contribution in [0.3, 0.4) is 0 Å². The summed E-state index contributed by atoms with van der Waals surface area (Å²) in [5.41, 5.74) is 2.05. The lowest BCUT2D eigenvalue weighted by Crippen LogP contribution is -2.32. The third-order valence-corrected chi connectivity index (χ3v) is 4.01. The number of carbonyl (C=O) groups is 2. The minimum atomic E-state index is -0.451. The second kappa shape index (κ2) is 8.99. The zero-order valence-electron chi connectivity index (χ0n) is 15.1. The van der Waals surface area contributed by atoms with Gasteiger partial charge in [0.15, 0.2) is 0 Å². The normalized spacial score (nSPS) is 11.5. The van der Waals surface area contributed by atoms with Crippen molar-refractivity contribution >= 4 is 11.8 Å². The van der Waals surface area contributed by atoms with E-state index in [1.807, 2.05) is 12.1 Å². The molecule has 0 aliphatic heterocycles. The number of amides is 2. The summed E-state index contributed by atoms with van der Waals surface area (Å²) in [4.78, 5) is 23.7. The molecule has 2 N–H and O–H groups in total. The van der Waals surface area contributed by atoms with E-state index in [2.05, 4.69) is 10.6 Å². The van der Waals surface area contributed by atoms with Crippen LogP contribution in [0.25, 0.3) is 0 Å². The monoisotopic (exact) mass is 358 g/mol. The molecule has 2 amide bonds. The van der Waals surface area contributed by atoms with Crippen molar-refractivity contribution in [3.05, 3.63) is 65.0 Å². The number of hydrogen-bond acceptors (Lipinski definition) is 3. The van der Waals surface area contributed by atoms with Crippen LogP contribution in [-0.4, -0.2) is 18.9 Å². The minimum absolute atomic E-state index is 0.0836. The van der Waals surface area contributed by atoms with E-state index in [1.165, 1.54) is 13.0 Å². The van der Waals surface area contributed by atoms with Crippen molar-refractivity contribution in [2.24, 2.45) is 0 Å². The van der Waals surface area contributed by atoms with Crippen LogP contribution in [0.4, 0.5) is 4.39 Å². The number of halogens is 1. The number of aryl methyl sites for hydroxylation is 1. The second-order valence-electron chi connectivity index (χ2n) is 6.09. The van der Waals surface area contributed by atoms with Crippen LogP contribution < -0.4 is 15.4 Å². The number of methoxy groups -OCH3 is 1. The van der Waals surface area contributed by atoms with Gasteiger partial charge in [-0.3, -0.25) is 9.59 Å². The van der Waals surface area contributed by atoms with E-state index in [1.54, 1.807) is 38.3 Å². The molecule has 5 nitrogen and oxygen atoms in total. The van der Waals surface area contributed by atoms with Gasteiger partial charge in [0, 0.05) is 13.5 Å². The molecule has 0 radical (unpaired) electrons. The molecule has 0 saturated carbocycles. The summed E-state index contributed by atoms with van der Waals surface area (Å²) in [5, 5.41) is 5.54. The molecule has 2 rings (SSSR count). The van der Waals surface area contributed by atoms with E-state index in [0.717, 1.165) is 5.56 Å². The molecule has 0 aromatic heterocycles. The van der Waals surface area contributed by atoms with Gasteiger partial charge in [-0.15, -0.1) is 0 Å². The lowest BCUT2D eigenvalue weighted by molar-refractivity contribution is -0.122.